The number of hydrogen-bond acceptors (Lipinski definition) is 5. The topological polar surface area (TPSA) is 64.5 Å². The third-order valence-electron chi connectivity index (χ3n) is 9.07. The van der Waals surface area contributed by atoms with Crippen LogP contribution in [0, 0.1) is 0 Å². The van der Waals surface area contributed by atoms with E-state index in [2.05, 4.69) is 133 Å². The molecule has 0 spiro atoms. The second-order valence-electron chi connectivity index (χ2n) is 12.2. The van der Waals surface area contributed by atoms with Gasteiger partial charge in [-0.3, -0.25) is 9.97 Å². The molecule has 0 amide bonds. The third kappa shape index (κ3) is 5.57. The summed E-state index contributed by atoms with van der Waals surface area (Å²) in [5, 5.41) is 4.56. The van der Waals surface area contributed by atoms with Gasteiger partial charge in [0, 0.05) is 51.0 Å². The molecule has 9 rings (SSSR count). The Morgan fingerprint density at radius 2 is 0.600 bits per heavy atom. The predicted octanol–water partition coefficient (Wildman–Crippen LogP) is 11.0. The Morgan fingerprint density at radius 1 is 0.260 bits per heavy atom. The summed E-state index contributed by atoms with van der Waals surface area (Å²) in [6.45, 7) is 0. The summed E-state index contributed by atoms with van der Waals surface area (Å²) in [4.78, 5) is 24.5. The van der Waals surface area contributed by atoms with E-state index in [1.54, 1.807) is 0 Å². The van der Waals surface area contributed by atoms with Crippen molar-refractivity contribution in [3.63, 3.8) is 0 Å². The first-order valence-corrected chi connectivity index (χ1v) is 16.6. The number of fused-ring (bicyclic) bond motifs is 2. The number of aromatic nitrogens is 5. The summed E-state index contributed by atoms with van der Waals surface area (Å²) in [5.41, 5.74) is 8.99. The SMILES string of the molecule is c1ccc(-c2ccc(-c3nc(-c4ccc(-c5nccc6ccccc56)cc4)nc(-c4ccc(-c5nccc6ccccc56)cc4)n3)cc2)cc1. The minimum absolute atomic E-state index is 0.606. The Morgan fingerprint density at radius 3 is 1.04 bits per heavy atom. The van der Waals surface area contributed by atoms with Gasteiger partial charge in [-0.1, -0.05) is 152 Å². The van der Waals surface area contributed by atoms with E-state index in [0.717, 1.165) is 71.9 Å². The molecule has 5 heteroatoms. The van der Waals surface area contributed by atoms with Crippen molar-refractivity contribution in [2.75, 3.05) is 0 Å². The maximum Gasteiger partial charge on any atom is 0.164 e. The van der Waals surface area contributed by atoms with Crippen LogP contribution in [0.2, 0.25) is 0 Å². The highest BCUT2D eigenvalue weighted by molar-refractivity contribution is 5.95. The Balaban J connectivity index is 1.12. The van der Waals surface area contributed by atoms with Gasteiger partial charge in [0.1, 0.15) is 0 Å². The number of benzene rings is 6. The summed E-state index contributed by atoms with van der Waals surface area (Å²) in [7, 11) is 0. The van der Waals surface area contributed by atoms with Gasteiger partial charge in [-0.15, -0.1) is 0 Å². The van der Waals surface area contributed by atoms with Crippen molar-refractivity contribution < 1.29 is 0 Å². The molecule has 234 valence electrons. The Hall–Kier alpha value is -6.85. The summed E-state index contributed by atoms with van der Waals surface area (Å²) >= 11 is 0. The van der Waals surface area contributed by atoms with E-state index in [0.29, 0.717) is 17.5 Å². The van der Waals surface area contributed by atoms with E-state index in [1.807, 2.05) is 42.7 Å². The van der Waals surface area contributed by atoms with Gasteiger partial charge in [0.2, 0.25) is 0 Å². The Kier molecular flexibility index (Phi) is 7.41. The van der Waals surface area contributed by atoms with Crippen molar-refractivity contribution in [3.8, 4) is 67.8 Å². The molecule has 9 aromatic rings. The van der Waals surface area contributed by atoms with Gasteiger partial charge in [0.15, 0.2) is 17.5 Å². The zero-order valence-electron chi connectivity index (χ0n) is 27.0. The molecule has 0 bridgehead atoms. The fraction of sp³-hybridized carbons (Fsp3) is 0. The van der Waals surface area contributed by atoms with Crippen molar-refractivity contribution >= 4 is 21.5 Å². The van der Waals surface area contributed by atoms with Crippen molar-refractivity contribution in [2.45, 2.75) is 0 Å². The molecular weight excluding hydrogens is 611 g/mol. The maximum atomic E-state index is 5.02. The average Bonchev–Trinajstić information content (AvgIpc) is 3.21. The number of nitrogens with zero attached hydrogens (tertiary/aromatic N) is 5. The van der Waals surface area contributed by atoms with Gasteiger partial charge in [-0.05, 0) is 34.0 Å². The highest BCUT2D eigenvalue weighted by Gasteiger charge is 2.14. The Labute approximate surface area is 289 Å². The molecule has 3 aromatic heterocycles. The van der Waals surface area contributed by atoms with Crippen LogP contribution >= 0.6 is 0 Å². The predicted molar refractivity (Wildman–Crippen MR) is 203 cm³/mol. The lowest BCUT2D eigenvalue weighted by atomic mass is 10.0. The molecule has 6 aromatic carbocycles. The van der Waals surface area contributed by atoms with Crippen LogP contribution in [0.15, 0.2) is 176 Å². The standard InChI is InChI=1S/C45H29N5/c1-2-8-30(9-3-1)31-14-20-36(21-15-31)43-48-44(37-22-16-34(17-23-37)41-39-12-6-4-10-32(39)26-28-46-41)50-45(49-43)38-24-18-35(19-25-38)42-40-13-7-5-11-33(40)27-29-47-42/h1-29H. The molecule has 0 aliphatic heterocycles. The highest BCUT2D eigenvalue weighted by Crippen LogP contribution is 2.32. The third-order valence-corrected chi connectivity index (χ3v) is 9.07. The minimum Gasteiger partial charge on any atom is -0.256 e. The molecule has 0 fully saturated rings. The summed E-state index contributed by atoms with van der Waals surface area (Å²) in [6, 6.07) is 56.1. The normalized spacial score (nSPS) is 11.2. The number of hydrogen-bond donors (Lipinski definition) is 0. The van der Waals surface area contributed by atoms with Crippen molar-refractivity contribution in [2.24, 2.45) is 0 Å². The molecule has 50 heavy (non-hydrogen) atoms. The smallest absolute Gasteiger partial charge is 0.164 e. The van der Waals surface area contributed by atoms with Gasteiger partial charge in [-0.2, -0.15) is 0 Å². The van der Waals surface area contributed by atoms with Crippen molar-refractivity contribution in [1.82, 2.24) is 24.9 Å². The molecular formula is C45H29N5. The monoisotopic (exact) mass is 639 g/mol. The molecule has 0 radical (unpaired) electrons. The summed E-state index contributed by atoms with van der Waals surface area (Å²) in [6.07, 6.45) is 3.72. The first-order valence-electron chi connectivity index (χ1n) is 16.6. The highest BCUT2D eigenvalue weighted by atomic mass is 15.0. The molecule has 0 aliphatic carbocycles. The fourth-order valence-corrected chi connectivity index (χ4v) is 6.46. The molecule has 0 saturated carbocycles. The average molecular weight is 640 g/mol. The molecule has 0 atom stereocenters. The van der Waals surface area contributed by atoms with Crippen LogP contribution in [-0.2, 0) is 0 Å². The lowest BCUT2D eigenvalue weighted by molar-refractivity contribution is 1.07. The van der Waals surface area contributed by atoms with Crippen LogP contribution in [0.3, 0.4) is 0 Å². The van der Waals surface area contributed by atoms with Gasteiger partial charge in [0.05, 0.1) is 11.4 Å². The zero-order valence-corrected chi connectivity index (χ0v) is 27.0. The molecule has 5 nitrogen and oxygen atoms in total. The summed E-state index contributed by atoms with van der Waals surface area (Å²) < 4.78 is 0. The van der Waals surface area contributed by atoms with Gasteiger partial charge < -0.3 is 0 Å². The second kappa shape index (κ2) is 12.6. The molecule has 0 unspecified atom stereocenters. The first-order chi connectivity index (χ1) is 24.8. The van der Waals surface area contributed by atoms with E-state index in [4.69, 9.17) is 24.9 Å². The van der Waals surface area contributed by atoms with E-state index in [-0.39, 0.29) is 0 Å². The maximum absolute atomic E-state index is 5.02. The summed E-state index contributed by atoms with van der Waals surface area (Å²) in [5.74, 6) is 1.83. The van der Waals surface area contributed by atoms with Crippen molar-refractivity contribution in [3.05, 3.63) is 176 Å². The van der Waals surface area contributed by atoms with E-state index >= 15 is 0 Å². The van der Waals surface area contributed by atoms with Crippen LogP contribution in [0.25, 0.3) is 89.4 Å². The van der Waals surface area contributed by atoms with Gasteiger partial charge in [-0.25, -0.2) is 15.0 Å². The van der Waals surface area contributed by atoms with E-state index in [1.165, 1.54) is 0 Å². The zero-order chi connectivity index (χ0) is 33.3. The van der Waals surface area contributed by atoms with Crippen LogP contribution < -0.4 is 0 Å². The van der Waals surface area contributed by atoms with Gasteiger partial charge in [0.25, 0.3) is 0 Å². The lowest BCUT2D eigenvalue weighted by Gasteiger charge is -2.11. The van der Waals surface area contributed by atoms with E-state index in [9.17, 15) is 0 Å². The molecule has 0 aliphatic rings. The quantitative estimate of drug-likeness (QED) is 0.181. The number of pyridine rings is 2. The van der Waals surface area contributed by atoms with Crippen molar-refractivity contribution in [1.29, 1.82) is 0 Å². The largest absolute Gasteiger partial charge is 0.256 e. The Bertz CT molecular complexity index is 2460. The molecule has 0 N–H and O–H groups in total. The number of rotatable bonds is 6. The van der Waals surface area contributed by atoms with E-state index < -0.39 is 0 Å². The minimum atomic E-state index is 0.606. The second-order valence-corrected chi connectivity index (χ2v) is 12.2. The van der Waals surface area contributed by atoms with Crippen LogP contribution in [0.5, 0.6) is 0 Å². The van der Waals surface area contributed by atoms with Crippen LogP contribution in [0.1, 0.15) is 0 Å². The molecule has 3 heterocycles. The van der Waals surface area contributed by atoms with Crippen LogP contribution in [-0.4, -0.2) is 24.9 Å². The first kappa shape index (κ1) is 29.3. The molecule has 0 saturated heterocycles. The van der Waals surface area contributed by atoms with Gasteiger partial charge >= 0.3 is 0 Å². The fourth-order valence-electron chi connectivity index (χ4n) is 6.46. The lowest BCUT2D eigenvalue weighted by Crippen LogP contribution is -2.00. The van der Waals surface area contributed by atoms with Crippen LogP contribution in [0.4, 0.5) is 0 Å².